The van der Waals surface area contributed by atoms with Crippen molar-refractivity contribution in [1.82, 2.24) is 0 Å². The standard InChI is InChI=1S/C26H24/c1-2-4-12-21-17-26-22(16-15-20-11-6-8-14-24(20)26)18-25(21)23-13-7-5-10-19(23)9-3-1/h5-8,10-11,13-18H,1-4,9,12H2. The van der Waals surface area contributed by atoms with Crippen LogP contribution in [0.25, 0.3) is 32.7 Å². The quantitative estimate of drug-likeness (QED) is 0.295. The zero-order valence-electron chi connectivity index (χ0n) is 15.2. The van der Waals surface area contributed by atoms with Crippen LogP contribution in [-0.2, 0) is 12.8 Å². The molecule has 4 aromatic rings. The van der Waals surface area contributed by atoms with Gasteiger partial charge in [0.05, 0.1) is 0 Å². The van der Waals surface area contributed by atoms with Gasteiger partial charge in [0.25, 0.3) is 0 Å². The molecule has 0 heterocycles. The van der Waals surface area contributed by atoms with Gasteiger partial charge in [-0.05, 0) is 81.6 Å². The molecule has 0 aromatic heterocycles. The van der Waals surface area contributed by atoms with Gasteiger partial charge in [0.15, 0.2) is 0 Å². The lowest BCUT2D eigenvalue weighted by Crippen LogP contribution is -1.98. The second-order valence-electron chi connectivity index (χ2n) is 7.59. The highest BCUT2D eigenvalue weighted by atomic mass is 14.2. The fourth-order valence-corrected chi connectivity index (χ4v) is 4.54. The van der Waals surface area contributed by atoms with Gasteiger partial charge < -0.3 is 0 Å². The van der Waals surface area contributed by atoms with Crippen LogP contribution in [0.4, 0.5) is 0 Å². The van der Waals surface area contributed by atoms with E-state index in [0.29, 0.717) is 0 Å². The second kappa shape index (κ2) is 6.61. The number of hydrogen-bond donors (Lipinski definition) is 0. The van der Waals surface area contributed by atoms with Crippen molar-refractivity contribution in [3.63, 3.8) is 0 Å². The van der Waals surface area contributed by atoms with E-state index in [4.69, 9.17) is 0 Å². The van der Waals surface area contributed by atoms with E-state index >= 15 is 0 Å². The summed E-state index contributed by atoms with van der Waals surface area (Å²) in [6.07, 6.45) is 7.68. The zero-order chi connectivity index (χ0) is 17.3. The Labute approximate surface area is 155 Å². The van der Waals surface area contributed by atoms with E-state index in [0.717, 1.165) is 0 Å². The predicted octanol–water partition coefficient (Wildman–Crippen LogP) is 7.32. The third kappa shape index (κ3) is 2.70. The minimum atomic E-state index is 1.18. The Hall–Kier alpha value is -2.60. The highest BCUT2D eigenvalue weighted by Gasteiger charge is 2.13. The summed E-state index contributed by atoms with van der Waals surface area (Å²) in [5.74, 6) is 0. The average molecular weight is 336 g/mol. The average Bonchev–Trinajstić information content (AvgIpc) is 2.70. The monoisotopic (exact) mass is 336 g/mol. The van der Waals surface area contributed by atoms with Crippen LogP contribution < -0.4 is 0 Å². The molecule has 0 amide bonds. The Balaban J connectivity index is 1.81. The number of aryl methyl sites for hydroxylation is 2. The molecule has 0 heteroatoms. The maximum absolute atomic E-state index is 2.48. The Kier molecular flexibility index (Phi) is 3.97. The fourth-order valence-electron chi connectivity index (χ4n) is 4.54. The lowest BCUT2D eigenvalue weighted by molar-refractivity contribution is 0.638. The van der Waals surface area contributed by atoms with E-state index in [2.05, 4.69) is 72.8 Å². The van der Waals surface area contributed by atoms with Crippen molar-refractivity contribution >= 4 is 21.5 Å². The first-order chi connectivity index (χ1) is 12.9. The highest BCUT2D eigenvalue weighted by Crippen LogP contribution is 2.36. The zero-order valence-corrected chi connectivity index (χ0v) is 15.2. The van der Waals surface area contributed by atoms with Crippen LogP contribution in [0.1, 0.15) is 36.8 Å². The van der Waals surface area contributed by atoms with Gasteiger partial charge in [-0.2, -0.15) is 0 Å². The van der Waals surface area contributed by atoms with Gasteiger partial charge in [0.1, 0.15) is 0 Å². The van der Waals surface area contributed by atoms with Crippen molar-refractivity contribution < 1.29 is 0 Å². The molecule has 26 heavy (non-hydrogen) atoms. The van der Waals surface area contributed by atoms with Crippen LogP contribution in [0.3, 0.4) is 0 Å². The smallest absolute Gasteiger partial charge is 0.0102 e. The fraction of sp³-hybridized carbons (Fsp3) is 0.231. The molecule has 0 nitrogen and oxygen atoms in total. The van der Waals surface area contributed by atoms with Crippen molar-refractivity contribution in [2.45, 2.75) is 38.5 Å². The summed E-state index contributed by atoms with van der Waals surface area (Å²) in [4.78, 5) is 0. The summed E-state index contributed by atoms with van der Waals surface area (Å²) in [6, 6.07) is 27.3. The molecule has 1 aliphatic carbocycles. The molecular weight excluding hydrogens is 312 g/mol. The van der Waals surface area contributed by atoms with E-state index in [-0.39, 0.29) is 0 Å². The molecule has 0 fully saturated rings. The van der Waals surface area contributed by atoms with Crippen molar-refractivity contribution in [3.8, 4) is 11.1 Å². The molecule has 0 atom stereocenters. The van der Waals surface area contributed by atoms with Crippen LogP contribution in [0.5, 0.6) is 0 Å². The number of hydrogen-bond acceptors (Lipinski definition) is 0. The van der Waals surface area contributed by atoms with Gasteiger partial charge >= 0.3 is 0 Å². The normalized spacial score (nSPS) is 14.8. The molecule has 0 unspecified atom stereocenters. The SMILES string of the molecule is c1ccc2c(c1)CCCCCCc1cc3c(ccc4ccccc43)cc1-2. The molecule has 0 aliphatic heterocycles. The molecule has 0 radical (unpaired) electrons. The van der Waals surface area contributed by atoms with E-state index in [1.54, 1.807) is 0 Å². The van der Waals surface area contributed by atoms with Crippen LogP contribution >= 0.6 is 0 Å². The maximum Gasteiger partial charge on any atom is -0.0102 e. The third-order valence-corrected chi connectivity index (χ3v) is 5.92. The van der Waals surface area contributed by atoms with Crippen molar-refractivity contribution in [2.75, 3.05) is 0 Å². The Morgan fingerprint density at radius 2 is 1.19 bits per heavy atom. The van der Waals surface area contributed by atoms with Gasteiger partial charge in [-0.25, -0.2) is 0 Å². The molecule has 4 aromatic carbocycles. The molecule has 0 bridgehead atoms. The van der Waals surface area contributed by atoms with Crippen LogP contribution in [0.15, 0.2) is 72.8 Å². The first kappa shape index (κ1) is 15.6. The summed E-state index contributed by atoms with van der Waals surface area (Å²) in [5, 5.41) is 5.46. The lowest BCUT2D eigenvalue weighted by Gasteiger charge is -2.18. The van der Waals surface area contributed by atoms with Crippen molar-refractivity contribution in [3.05, 3.63) is 83.9 Å². The summed E-state index contributed by atoms with van der Waals surface area (Å²) < 4.78 is 0. The summed E-state index contributed by atoms with van der Waals surface area (Å²) >= 11 is 0. The largest absolute Gasteiger partial charge is 0.0620 e. The Bertz CT molecular complexity index is 1090. The lowest BCUT2D eigenvalue weighted by atomic mass is 9.86. The number of fused-ring (bicyclic) bond motifs is 6. The van der Waals surface area contributed by atoms with E-state index in [1.807, 2.05) is 0 Å². The van der Waals surface area contributed by atoms with E-state index in [1.165, 1.54) is 82.3 Å². The summed E-state index contributed by atoms with van der Waals surface area (Å²) in [6.45, 7) is 0. The van der Waals surface area contributed by atoms with Crippen LogP contribution in [0, 0.1) is 0 Å². The van der Waals surface area contributed by atoms with Crippen molar-refractivity contribution in [1.29, 1.82) is 0 Å². The summed E-state index contributed by atoms with van der Waals surface area (Å²) in [5.41, 5.74) is 5.92. The van der Waals surface area contributed by atoms with Crippen LogP contribution in [-0.4, -0.2) is 0 Å². The van der Waals surface area contributed by atoms with Gasteiger partial charge in [-0.15, -0.1) is 0 Å². The second-order valence-corrected chi connectivity index (χ2v) is 7.59. The molecule has 5 rings (SSSR count). The highest BCUT2D eigenvalue weighted by molar-refractivity contribution is 6.09. The maximum atomic E-state index is 2.48. The van der Waals surface area contributed by atoms with Gasteiger partial charge in [0, 0.05) is 0 Å². The summed E-state index contributed by atoms with van der Waals surface area (Å²) in [7, 11) is 0. The molecule has 0 saturated carbocycles. The van der Waals surface area contributed by atoms with E-state index < -0.39 is 0 Å². The molecule has 1 aliphatic rings. The van der Waals surface area contributed by atoms with Gasteiger partial charge in [0.2, 0.25) is 0 Å². The Morgan fingerprint density at radius 3 is 2.12 bits per heavy atom. The van der Waals surface area contributed by atoms with Gasteiger partial charge in [-0.3, -0.25) is 0 Å². The Morgan fingerprint density at radius 1 is 0.462 bits per heavy atom. The van der Waals surface area contributed by atoms with Crippen molar-refractivity contribution in [2.24, 2.45) is 0 Å². The molecule has 0 N–H and O–H groups in total. The minimum absolute atomic E-state index is 1.18. The number of rotatable bonds is 0. The van der Waals surface area contributed by atoms with Gasteiger partial charge in [-0.1, -0.05) is 73.5 Å². The first-order valence-corrected chi connectivity index (χ1v) is 9.93. The molecule has 0 spiro atoms. The molecular formula is C26H24. The topological polar surface area (TPSA) is 0 Å². The molecule has 128 valence electrons. The predicted molar refractivity (Wildman–Crippen MR) is 113 cm³/mol. The van der Waals surface area contributed by atoms with Crippen LogP contribution in [0.2, 0.25) is 0 Å². The van der Waals surface area contributed by atoms with E-state index in [9.17, 15) is 0 Å². The molecule has 0 saturated heterocycles. The third-order valence-electron chi connectivity index (χ3n) is 5.92. The minimum Gasteiger partial charge on any atom is -0.0620 e. The first-order valence-electron chi connectivity index (χ1n) is 9.93. The number of benzene rings is 4.